The Hall–Kier alpha value is -2.33. The Morgan fingerprint density at radius 1 is 1.04 bits per heavy atom. The first-order valence-corrected chi connectivity index (χ1v) is 9.45. The third-order valence-corrected chi connectivity index (χ3v) is 5.03. The van der Waals surface area contributed by atoms with Crippen molar-refractivity contribution in [2.24, 2.45) is 0 Å². The van der Waals surface area contributed by atoms with Gasteiger partial charge in [-0.05, 0) is 49.2 Å². The summed E-state index contributed by atoms with van der Waals surface area (Å²) in [5, 5.41) is 3.14. The summed E-state index contributed by atoms with van der Waals surface area (Å²) in [7, 11) is 1.68. The van der Waals surface area contributed by atoms with Crippen LogP contribution in [-0.2, 0) is 11.2 Å². The highest BCUT2D eigenvalue weighted by Gasteiger charge is 2.23. The first kappa shape index (κ1) is 18.5. The van der Waals surface area contributed by atoms with Gasteiger partial charge in [0, 0.05) is 6.54 Å². The highest BCUT2D eigenvalue weighted by Crippen LogP contribution is 2.25. The summed E-state index contributed by atoms with van der Waals surface area (Å²) in [6.07, 6.45) is 4.18. The maximum absolute atomic E-state index is 12.4. The first-order valence-electron chi connectivity index (χ1n) is 9.45. The number of rotatable bonds is 7. The zero-order valence-corrected chi connectivity index (χ0v) is 15.5. The largest absolute Gasteiger partial charge is 0.497 e. The van der Waals surface area contributed by atoms with Gasteiger partial charge >= 0.3 is 0 Å². The van der Waals surface area contributed by atoms with Gasteiger partial charge in [0.05, 0.1) is 19.6 Å². The first-order chi connectivity index (χ1) is 12.8. The second kappa shape index (κ2) is 9.39. The number of methoxy groups -OCH3 is 1. The van der Waals surface area contributed by atoms with Crippen molar-refractivity contribution in [2.75, 3.05) is 26.7 Å². The monoisotopic (exact) mass is 352 g/mol. The number of likely N-dealkylation sites (tertiary alicyclic amines) is 1. The van der Waals surface area contributed by atoms with Crippen LogP contribution in [0, 0.1) is 0 Å². The number of benzene rings is 2. The van der Waals surface area contributed by atoms with Crippen molar-refractivity contribution in [3.05, 3.63) is 65.7 Å². The lowest BCUT2D eigenvalue weighted by Gasteiger charge is -2.35. The molecule has 2 aromatic carbocycles. The minimum atomic E-state index is 0.0757. The number of carbonyl (C=O) groups excluding carboxylic acids is 1. The summed E-state index contributed by atoms with van der Waals surface area (Å²) in [5.74, 6) is 0.936. The quantitative estimate of drug-likeness (QED) is 0.828. The molecule has 1 amide bonds. The zero-order valence-electron chi connectivity index (χ0n) is 15.5. The van der Waals surface area contributed by atoms with Crippen molar-refractivity contribution < 1.29 is 9.53 Å². The van der Waals surface area contributed by atoms with E-state index in [0.717, 1.165) is 24.4 Å². The van der Waals surface area contributed by atoms with Crippen LogP contribution in [0.5, 0.6) is 5.75 Å². The van der Waals surface area contributed by atoms with E-state index in [0.29, 0.717) is 13.0 Å². The molecule has 3 rings (SSSR count). The zero-order chi connectivity index (χ0) is 18.2. The summed E-state index contributed by atoms with van der Waals surface area (Å²) in [6.45, 7) is 2.81. The summed E-state index contributed by atoms with van der Waals surface area (Å²) < 4.78 is 5.28. The van der Waals surface area contributed by atoms with Crippen molar-refractivity contribution in [1.29, 1.82) is 0 Å². The van der Waals surface area contributed by atoms with Gasteiger partial charge in [0.1, 0.15) is 5.75 Å². The van der Waals surface area contributed by atoms with Gasteiger partial charge in [-0.3, -0.25) is 9.69 Å². The number of ether oxygens (including phenoxy) is 1. The molecule has 1 fully saturated rings. The number of hydrogen-bond acceptors (Lipinski definition) is 3. The lowest BCUT2D eigenvalue weighted by molar-refractivity contribution is -0.120. The van der Waals surface area contributed by atoms with Gasteiger partial charge < -0.3 is 10.1 Å². The topological polar surface area (TPSA) is 41.6 Å². The molecule has 1 N–H and O–H groups in total. The summed E-state index contributed by atoms with van der Waals surface area (Å²) in [5.41, 5.74) is 2.27. The van der Waals surface area contributed by atoms with Crippen molar-refractivity contribution in [3.8, 4) is 5.75 Å². The second-order valence-electron chi connectivity index (χ2n) is 6.85. The van der Waals surface area contributed by atoms with Crippen LogP contribution in [0.4, 0.5) is 0 Å². The molecular weight excluding hydrogens is 324 g/mol. The molecule has 1 atom stereocenters. The van der Waals surface area contributed by atoms with Crippen molar-refractivity contribution >= 4 is 5.91 Å². The van der Waals surface area contributed by atoms with Crippen LogP contribution in [0.25, 0.3) is 0 Å². The second-order valence-corrected chi connectivity index (χ2v) is 6.85. The van der Waals surface area contributed by atoms with Crippen LogP contribution in [0.15, 0.2) is 54.6 Å². The fourth-order valence-corrected chi connectivity index (χ4v) is 3.57. The smallest absolute Gasteiger partial charge is 0.224 e. The number of hydrogen-bond donors (Lipinski definition) is 1. The molecule has 2 aromatic rings. The van der Waals surface area contributed by atoms with Gasteiger partial charge in [0.2, 0.25) is 5.91 Å². The molecule has 0 saturated carbocycles. The minimum absolute atomic E-state index is 0.0757. The Morgan fingerprint density at radius 2 is 1.73 bits per heavy atom. The lowest BCUT2D eigenvalue weighted by atomic mass is 10.0. The highest BCUT2D eigenvalue weighted by molar-refractivity contribution is 5.78. The van der Waals surface area contributed by atoms with E-state index >= 15 is 0 Å². The average Bonchev–Trinajstić information content (AvgIpc) is 2.70. The Balaban J connectivity index is 1.65. The van der Waals surface area contributed by atoms with E-state index in [1.165, 1.54) is 24.8 Å². The van der Waals surface area contributed by atoms with Crippen molar-refractivity contribution in [3.63, 3.8) is 0 Å². The Bertz CT molecular complexity index is 679. The van der Waals surface area contributed by atoms with Crippen LogP contribution in [0.2, 0.25) is 0 Å². The molecule has 1 saturated heterocycles. The standard InChI is InChI=1S/C22H28N2O2/c1-26-20-12-10-19(11-13-20)21(24-14-6-3-7-15-24)17-23-22(25)16-18-8-4-2-5-9-18/h2,4-5,8-13,21H,3,6-7,14-17H2,1H3,(H,23,25)/t21-/m1/s1. The molecule has 0 spiro atoms. The highest BCUT2D eigenvalue weighted by atomic mass is 16.5. The van der Waals surface area contributed by atoms with E-state index in [2.05, 4.69) is 22.3 Å². The normalized spacial score (nSPS) is 16.0. The van der Waals surface area contributed by atoms with Gasteiger partial charge in [-0.2, -0.15) is 0 Å². The molecule has 1 heterocycles. The lowest BCUT2D eigenvalue weighted by Crippen LogP contribution is -2.41. The van der Waals surface area contributed by atoms with Crippen LogP contribution < -0.4 is 10.1 Å². The summed E-state index contributed by atoms with van der Waals surface area (Å²) >= 11 is 0. The van der Waals surface area contributed by atoms with Crippen molar-refractivity contribution in [2.45, 2.75) is 31.7 Å². The molecule has 138 valence electrons. The Morgan fingerprint density at radius 3 is 2.38 bits per heavy atom. The number of nitrogens with zero attached hydrogens (tertiary/aromatic N) is 1. The van der Waals surface area contributed by atoms with Gasteiger partial charge in [-0.15, -0.1) is 0 Å². The predicted molar refractivity (Wildman–Crippen MR) is 104 cm³/mol. The minimum Gasteiger partial charge on any atom is -0.497 e. The van der Waals surface area contributed by atoms with Crippen LogP contribution in [-0.4, -0.2) is 37.6 Å². The molecule has 4 nitrogen and oxygen atoms in total. The van der Waals surface area contributed by atoms with Crippen LogP contribution >= 0.6 is 0 Å². The van der Waals surface area contributed by atoms with E-state index < -0.39 is 0 Å². The molecule has 26 heavy (non-hydrogen) atoms. The molecule has 1 aliphatic heterocycles. The third-order valence-electron chi connectivity index (χ3n) is 5.03. The fraction of sp³-hybridized carbons (Fsp3) is 0.409. The maximum Gasteiger partial charge on any atom is 0.224 e. The SMILES string of the molecule is COc1ccc([C@@H](CNC(=O)Cc2ccccc2)N2CCCCC2)cc1. The van der Waals surface area contributed by atoms with E-state index in [1.54, 1.807) is 7.11 Å². The molecule has 1 aliphatic rings. The van der Waals surface area contributed by atoms with E-state index in [9.17, 15) is 4.79 Å². The fourth-order valence-electron chi connectivity index (χ4n) is 3.57. The number of amides is 1. The summed E-state index contributed by atoms with van der Waals surface area (Å²) in [4.78, 5) is 14.9. The maximum atomic E-state index is 12.4. The predicted octanol–water partition coefficient (Wildman–Crippen LogP) is 3.58. The van der Waals surface area contributed by atoms with E-state index in [1.807, 2.05) is 42.5 Å². The van der Waals surface area contributed by atoms with Gasteiger partial charge in [-0.25, -0.2) is 0 Å². The molecule has 0 radical (unpaired) electrons. The van der Waals surface area contributed by atoms with Gasteiger partial charge in [-0.1, -0.05) is 48.9 Å². The molecule has 0 unspecified atom stereocenters. The van der Waals surface area contributed by atoms with Crippen LogP contribution in [0.1, 0.15) is 36.4 Å². The van der Waals surface area contributed by atoms with Gasteiger partial charge in [0.25, 0.3) is 0 Å². The third kappa shape index (κ3) is 5.09. The number of nitrogens with one attached hydrogen (secondary N) is 1. The Kier molecular flexibility index (Phi) is 6.67. The van der Waals surface area contributed by atoms with Gasteiger partial charge in [0.15, 0.2) is 0 Å². The summed E-state index contributed by atoms with van der Waals surface area (Å²) in [6, 6.07) is 18.3. The van der Waals surface area contributed by atoms with Crippen LogP contribution in [0.3, 0.4) is 0 Å². The molecule has 0 aliphatic carbocycles. The molecule has 4 heteroatoms. The van der Waals surface area contributed by atoms with E-state index in [-0.39, 0.29) is 11.9 Å². The number of carbonyl (C=O) groups is 1. The number of piperidine rings is 1. The van der Waals surface area contributed by atoms with Crippen molar-refractivity contribution in [1.82, 2.24) is 10.2 Å². The van der Waals surface area contributed by atoms with E-state index in [4.69, 9.17) is 4.74 Å². The molecule has 0 bridgehead atoms. The molecule has 0 aromatic heterocycles. The molecular formula is C22H28N2O2. The average molecular weight is 352 g/mol. The Labute approximate surface area is 156 Å².